The molecule has 1 saturated carbocycles. The Bertz CT molecular complexity index is 649. The average Bonchev–Trinajstić information content (AvgIpc) is 3.09. The monoisotopic (exact) mass is 284 g/mol. The first-order valence-electron chi connectivity index (χ1n) is 5.43. The molecular weight excluding hydrogens is 272 g/mol. The Morgan fingerprint density at radius 3 is 2.42 bits per heavy atom. The maximum Gasteiger partial charge on any atom is 0.335 e. The van der Waals surface area contributed by atoms with Crippen LogP contribution >= 0.6 is 0 Å². The summed E-state index contributed by atoms with van der Waals surface area (Å²) in [5, 5.41) is 16.2. The molecule has 1 fully saturated rings. The summed E-state index contributed by atoms with van der Waals surface area (Å²) < 4.78 is 21.1. The number of carboxylic acids is 1. The number of nitrogens with two attached hydrogens (primary N) is 1. The van der Waals surface area contributed by atoms with Gasteiger partial charge in [-0.3, -0.25) is 4.79 Å². The number of carbonyl (C=O) groups is 2. The number of hydrogen-bond donors (Lipinski definition) is 3. The van der Waals surface area contributed by atoms with Crippen LogP contribution < -0.4 is 10.5 Å². The molecule has 1 aliphatic rings. The van der Waals surface area contributed by atoms with E-state index in [0.29, 0.717) is 0 Å². The summed E-state index contributed by atoms with van der Waals surface area (Å²) in [5.74, 6) is -1.86. The summed E-state index contributed by atoms with van der Waals surface area (Å²) in [6.07, 6.45) is 0.354. The number of anilines is 1. The fourth-order valence-electron chi connectivity index (χ4n) is 1.73. The number of carbonyl (C=O) groups excluding carboxylic acids is 1. The van der Waals surface area contributed by atoms with Crippen molar-refractivity contribution >= 4 is 27.6 Å². The maximum absolute atomic E-state index is 11.9. The second kappa shape index (κ2) is 4.32. The Morgan fingerprint density at radius 1 is 1.32 bits per heavy atom. The summed E-state index contributed by atoms with van der Waals surface area (Å²) in [5.41, 5.74) is 0.220. The van der Waals surface area contributed by atoms with Crippen LogP contribution in [0.2, 0.25) is 0 Å². The molecule has 0 aromatic heterocycles. The summed E-state index contributed by atoms with van der Waals surface area (Å²) in [6, 6.07) is 5.54. The van der Waals surface area contributed by atoms with Gasteiger partial charge < -0.3 is 10.4 Å². The third-order valence-electron chi connectivity index (χ3n) is 3.03. The molecule has 1 amide bonds. The number of rotatable bonds is 4. The van der Waals surface area contributed by atoms with Gasteiger partial charge in [-0.25, -0.2) is 18.4 Å². The summed E-state index contributed by atoms with van der Waals surface area (Å²) in [4.78, 5) is 22.7. The van der Waals surface area contributed by atoms with Crippen molar-refractivity contribution in [3.05, 3.63) is 29.8 Å². The number of amides is 1. The smallest absolute Gasteiger partial charge is 0.335 e. The van der Waals surface area contributed by atoms with Crippen molar-refractivity contribution in [2.45, 2.75) is 17.6 Å². The minimum atomic E-state index is -3.97. The van der Waals surface area contributed by atoms with Crippen molar-refractivity contribution in [1.29, 1.82) is 0 Å². The first-order valence-corrected chi connectivity index (χ1v) is 6.98. The molecule has 1 aromatic rings. The molecule has 4 N–H and O–H groups in total. The lowest BCUT2D eigenvalue weighted by atomic mass is 10.2. The molecule has 7 nitrogen and oxygen atoms in total. The molecule has 0 atom stereocenters. The lowest BCUT2D eigenvalue weighted by Crippen LogP contribution is -2.41. The molecule has 1 aliphatic carbocycles. The van der Waals surface area contributed by atoms with Gasteiger partial charge in [0, 0.05) is 5.69 Å². The molecule has 102 valence electrons. The van der Waals surface area contributed by atoms with E-state index < -0.39 is 26.6 Å². The van der Waals surface area contributed by atoms with Crippen molar-refractivity contribution in [3.63, 3.8) is 0 Å². The van der Waals surface area contributed by atoms with Crippen LogP contribution in [-0.2, 0) is 14.8 Å². The van der Waals surface area contributed by atoms with Crippen molar-refractivity contribution in [1.82, 2.24) is 0 Å². The van der Waals surface area contributed by atoms with Gasteiger partial charge in [0.05, 0.1) is 5.56 Å². The Kier molecular flexibility index (Phi) is 3.07. The van der Waals surface area contributed by atoms with E-state index in [9.17, 15) is 18.0 Å². The summed E-state index contributed by atoms with van der Waals surface area (Å²) in [6.45, 7) is 0. The molecule has 0 unspecified atom stereocenters. The Morgan fingerprint density at radius 2 is 1.95 bits per heavy atom. The normalized spacial score (nSPS) is 16.7. The van der Waals surface area contributed by atoms with Gasteiger partial charge in [-0.15, -0.1) is 0 Å². The lowest BCUT2D eigenvalue weighted by molar-refractivity contribution is -0.116. The third-order valence-corrected chi connectivity index (χ3v) is 4.71. The van der Waals surface area contributed by atoms with Crippen LogP contribution in [0.5, 0.6) is 0 Å². The zero-order valence-corrected chi connectivity index (χ0v) is 10.6. The second-order valence-electron chi connectivity index (χ2n) is 4.38. The topological polar surface area (TPSA) is 127 Å². The van der Waals surface area contributed by atoms with Crippen molar-refractivity contribution < 1.29 is 23.1 Å². The highest BCUT2D eigenvalue weighted by molar-refractivity contribution is 7.91. The number of carboxylic acid groups (broad SMARTS) is 1. The highest BCUT2D eigenvalue weighted by Gasteiger charge is 2.59. The second-order valence-corrected chi connectivity index (χ2v) is 6.25. The van der Waals surface area contributed by atoms with E-state index >= 15 is 0 Å². The number of hydrogen-bond acceptors (Lipinski definition) is 4. The van der Waals surface area contributed by atoms with Gasteiger partial charge in [-0.05, 0) is 31.0 Å². The average molecular weight is 284 g/mol. The van der Waals surface area contributed by atoms with E-state index in [0.717, 1.165) is 0 Å². The fraction of sp³-hybridized carbons (Fsp3) is 0.273. The number of benzene rings is 1. The van der Waals surface area contributed by atoms with Gasteiger partial charge in [0.25, 0.3) is 0 Å². The largest absolute Gasteiger partial charge is 0.478 e. The Labute approximate surface area is 109 Å². The SMILES string of the molecule is NS(=O)(=O)C1(C(=O)Nc2cccc(C(=O)O)c2)CC1. The first kappa shape index (κ1) is 13.5. The van der Waals surface area contributed by atoms with Crippen LogP contribution in [0.1, 0.15) is 23.2 Å². The Hall–Kier alpha value is -1.93. The maximum atomic E-state index is 11.9. The van der Waals surface area contributed by atoms with E-state index in [1.54, 1.807) is 0 Å². The predicted octanol–water partition coefficient (Wildman–Crippen LogP) is 0.144. The van der Waals surface area contributed by atoms with E-state index in [1.807, 2.05) is 0 Å². The Balaban J connectivity index is 2.21. The van der Waals surface area contributed by atoms with Crippen LogP contribution in [0.15, 0.2) is 24.3 Å². The number of aromatic carboxylic acids is 1. The van der Waals surface area contributed by atoms with E-state index in [1.165, 1.54) is 24.3 Å². The number of nitrogens with one attached hydrogen (secondary N) is 1. The van der Waals surface area contributed by atoms with Gasteiger partial charge in [0.2, 0.25) is 15.9 Å². The molecular formula is C11H12N2O5S. The lowest BCUT2D eigenvalue weighted by Gasteiger charge is -2.13. The number of primary sulfonamides is 1. The van der Waals surface area contributed by atoms with Gasteiger partial charge in [0.1, 0.15) is 0 Å². The minimum Gasteiger partial charge on any atom is -0.478 e. The molecule has 0 saturated heterocycles. The molecule has 0 bridgehead atoms. The standard InChI is InChI=1S/C11H12N2O5S/c12-19(17,18)11(4-5-11)10(16)13-8-3-1-2-7(6-8)9(14)15/h1-3,6H,4-5H2,(H,13,16)(H,14,15)(H2,12,17,18). The highest BCUT2D eigenvalue weighted by atomic mass is 32.2. The predicted molar refractivity (Wildman–Crippen MR) is 67.1 cm³/mol. The van der Waals surface area contributed by atoms with Gasteiger partial charge >= 0.3 is 5.97 Å². The zero-order chi connectivity index (χ0) is 14.3. The molecule has 0 radical (unpaired) electrons. The third kappa shape index (κ3) is 2.45. The summed E-state index contributed by atoms with van der Waals surface area (Å²) >= 11 is 0. The molecule has 2 rings (SSSR count). The molecule has 8 heteroatoms. The van der Waals surface area contributed by atoms with Gasteiger partial charge in [-0.1, -0.05) is 6.07 Å². The van der Waals surface area contributed by atoms with Gasteiger partial charge in [-0.2, -0.15) is 0 Å². The van der Waals surface area contributed by atoms with Crippen molar-refractivity contribution in [2.24, 2.45) is 5.14 Å². The van der Waals surface area contributed by atoms with Crippen molar-refractivity contribution in [2.75, 3.05) is 5.32 Å². The van der Waals surface area contributed by atoms with Crippen LogP contribution in [-0.4, -0.2) is 30.1 Å². The van der Waals surface area contributed by atoms with E-state index in [4.69, 9.17) is 10.2 Å². The minimum absolute atomic E-state index is 0.00162. The summed E-state index contributed by atoms with van der Waals surface area (Å²) in [7, 11) is -3.97. The van der Waals surface area contributed by atoms with Crippen LogP contribution in [0, 0.1) is 0 Å². The zero-order valence-electron chi connectivity index (χ0n) is 9.79. The molecule has 0 aliphatic heterocycles. The van der Waals surface area contributed by atoms with Gasteiger partial charge in [0.15, 0.2) is 4.75 Å². The molecule has 0 spiro atoms. The first-order chi connectivity index (χ1) is 8.76. The van der Waals surface area contributed by atoms with E-state index in [2.05, 4.69) is 5.32 Å². The van der Waals surface area contributed by atoms with Crippen molar-refractivity contribution in [3.8, 4) is 0 Å². The molecule has 1 aromatic carbocycles. The van der Waals surface area contributed by atoms with E-state index in [-0.39, 0.29) is 24.1 Å². The number of sulfonamides is 1. The quantitative estimate of drug-likeness (QED) is 0.725. The van der Waals surface area contributed by atoms with Crippen LogP contribution in [0.4, 0.5) is 5.69 Å². The van der Waals surface area contributed by atoms with Crippen LogP contribution in [0.25, 0.3) is 0 Å². The van der Waals surface area contributed by atoms with Crippen LogP contribution in [0.3, 0.4) is 0 Å². The highest BCUT2D eigenvalue weighted by Crippen LogP contribution is 2.43. The molecule has 19 heavy (non-hydrogen) atoms. The fourth-order valence-corrected chi connectivity index (χ4v) is 2.71. The molecule has 0 heterocycles.